The first-order chi connectivity index (χ1) is 6.69. The van der Waals surface area contributed by atoms with Crippen LogP contribution in [0.1, 0.15) is 23.6 Å². The number of rotatable bonds is 3. The summed E-state index contributed by atoms with van der Waals surface area (Å²) in [7, 11) is 0. The van der Waals surface area contributed by atoms with Crippen LogP contribution in [0.2, 0.25) is 0 Å². The number of halogens is 1. The molecule has 0 aliphatic rings. The average Bonchev–Trinajstić information content (AvgIpc) is 2.18. The van der Waals surface area contributed by atoms with E-state index in [4.69, 9.17) is 16.1 Å². The Hall–Kier alpha value is -1.44. The largest absolute Gasteiger partial charge is 0.396 e. The third-order valence-electron chi connectivity index (χ3n) is 1.98. The Kier molecular flexibility index (Phi) is 3.57. The van der Waals surface area contributed by atoms with Crippen molar-refractivity contribution in [3.05, 3.63) is 35.1 Å². The maximum atomic E-state index is 13.1. The van der Waals surface area contributed by atoms with Crippen LogP contribution in [0, 0.1) is 17.1 Å². The van der Waals surface area contributed by atoms with Gasteiger partial charge in [-0.1, -0.05) is 6.07 Å². The molecule has 0 fully saturated rings. The summed E-state index contributed by atoms with van der Waals surface area (Å²) < 4.78 is 13.1. The van der Waals surface area contributed by atoms with Crippen LogP contribution in [0.5, 0.6) is 0 Å². The summed E-state index contributed by atoms with van der Waals surface area (Å²) in [6, 6.07) is 5.57. The van der Waals surface area contributed by atoms with Crippen molar-refractivity contribution < 1.29 is 9.50 Å². The fourth-order valence-electron chi connectivity index (χ4n) is 1.16. The minimum Gasteiger partial charge on any atom is -0.396 e. The van der Waals surface area contributed by atoms with Crippen LogP contribution in [-0.2, 0) is 0 Å². The van der Waals surface area contributed by atoms with Gasteiger partial charge in [0.1, 0.15) is 11.9 Å². The summed E-state index contributed by atoms with van der Waals surface area (Å²) in [4.78, 5) is 0. The van der Waals surface area contributed by atoms with Gasteiger partial charge in [0.2, 0.25) is 0 Å². The molecule has 14 heavy (non-hydrogen) atoms. The van der Waals surface area contributed by atoms with Crippen molar-refractivity contribution >= 4 is 0 Å². The van der Waals surface area contributed by atoms with Gasteiger partial charge < -0.3 is 10.8 Å². The molecule has 0 aliphatic heterocycles. The van der Waals surface area contributed by atoms with Crippen molar-refractivity contribution in [1.29, 1.82) is 5.26 Å². The number of hydrogen-bond acceptors (Lipinski definition) is 3. The van der Waals surface area contributed by atoms with Crippen LogP contribution >= 0.6 is 0 Å². The zero-order chi connectivity index (χ0) is 10.6. The fourth-order valence-corrected chi connectivity index (χ4v) is 1.16. The molecule has 0 unspecified atom stereocenters. The Labute approximate surface area is 81.6 Å². The van der Waals surface area contributed by atoms with Gasteiger partial charge in [0.25, 0.3) is 0 Å². The van der Waals surface area contributed by atoms with E-state index in [-0.39, 0.29) is 18.2 Å². The molecule has 3 nitrogen and oxygen atoms in total. The molecule has 0 amide bonds. The number of hydrogen-bond donors (Lipinski definition) is 2. The Morgan fingerprint density at radius 3 is 2.79 bits per heavy atom. The Bertz CT molecular complexity index is 360. The molecule has 0 spiro atoms. The highest BCUT2D eigenvalue weighted by molar-refractivity contribution is 5.34. The lowest BCUT2D eigenvalue weighted by Crippen LogP contribution is -2.12. The van der Waals surface area contributed by atoms with Crippen molar-refractivity contribution in [2.75, 3.05) is 6.61 Å². The van der Waals surface area contributed by atoms with E-state index in [0.29, 0.717) is 12.0 Å². The van der Waals surface area contributed by atoms with Gasteiger partial charge in [-0.15, -0.1) is 0 Å². The first kappa shape index (κ1) is 10.6. The standard InChI is InChI=1S/C10H11FN2O/c11-9-5-7(10(13)3-4-14)1-2-8(9)6-12/h1-2,5,10,14H,3-4,13H2/t10-/m1/s1. The van der Waals surface area contributed by atoms with E-state index in [1.165, 1.54) is 12.1 Å². The van der Waals surface area contributed by atoms with Crippen LogP contribution in [0.4, 0.5) is 4.39 Å². The van der Waals surface area contributed by atoms with Gasteiger partial charge in [-0.3, -0.25) is 0 Å². The predicted molar refractivity (Wildman–Crippen MR) is 49.7 cm³/mol. The number of nitrogens with zero attached hydrogens (tertiary/aromatic N) is 1. The van der Waals surface area contributed by atoms with Crippen LogP contribution in [-0.4, -0.2) is 11.7 Å². The maximum Gasteiger partial charge on any atom is 0.141 e. The van der Waals surface area contributed by atoms with E-state index >= 15 is 0 Å². The Balaban J connectivity index is 2.92. The molecule has 3 N–H and O–H groups in total. The van der Waals surface area contributed by atoms with Crippen LogP contribution in [0.25, 0.3) is 0 Å². The highest BCUT2D eigenvalue weighted by Crippen LogP contribution is 2.16. The zero-order valence-electron chi connectivity index (χ0n) is 7.57. The van der Waals surface area contributed by atoms with Crippen LogP contribution in [0.15, 0.2) is 18.2 Å². The fraction of sp³-hybridized carbons (Fsp3) is 0.300. The topological polar surface area (TPSA) is 70.0 Å². The minimum atomic E-state index is -0.571. The molecule has 0 bridgehead atoms. The number of aliphatic hydroxyl groups is 1. The molecule has 0 heterocycles. The molecule has 1 atom stereocenters. The summed E-state index contributed by atoms with van der Waals surface area (Å²) in [6.07, 6.45) is 0.380. The number of nitrogens with two attached hydrogens (primary N) is 1. The third kappa shape index (κ3) is 2.28. The minimum absolute atomic E-state index is 0.00458. The van der Waals surface area contributed by atoms with Gasteiger partial charge in [0.05, 0.1) is 5.56 Å². The molecule has 0 saturated heterocycles. The van der Waals surface area contributed by atoms with E-state index in [1.807, 2.05) is 0 Å². The highest BCUT2D eigenvalue weighted by Gasteiger charge is 2.08. The first-order valence-electron chi connectivity index (χ1n) is 4.25. The lowest BCUT2D eigenvalue weighted by Gasteiger charge is -2.10. The molecule has 0 radical (unpaired) electrons. The van der Waals surface area contributed by atoms with Crippen molar-refractivity contribution in [3.63, 3.8) is 0 Å². The molecular formula is C10H11FN2O. The normalized spacial score (nSPS) is 12.1. The number of nitriles is 1. The molecule has 0 saturated carbocycles. The maximum absolute atomic E-state index is 13.1. The van der Waals surface area contributed by atoms with Gasteiger partial charge in [-0.2, -0.15) is 5.26 Å². The van der Waals surface area contributed by atoms with E-state index < -0.39 is 5.82 Å². The van der Waals surface area contributed by atoms with Gasteiger partial charge >= 0.3 is 0 Å². The molecule has 1 aromatic carbocycles. The Morgan fingerprint density at radius 1 is 1.57 bits per heavy atom. The molecular weight excluding hydrogens is 183 g/mol. The molecule has 74 valence electrons. The van der Waals surface area contributed by atoms with Crippen LogP contribution in [0.3, 0.4) is 0 Å². The molecule has 0 aromatic heterocycles. The van der Waals surface area contributed by atoms with Gasteiger partial charge in [-0.05, 0) is 24.1 Å². The second-order valence-electron chi connectivity index (χ2n) is 2.97. The van der Waals surface area contributed by atoms with E-state index in [2.05, 4.69) is 0 Å². The van der Waals surface area contributed by atoms with Crippen molar-refractivity contribution in [2.24, 2.45) is 5.73 Å². The summed E-state index contributed by atoms with van der Waals surface area (Å²) in [5, 5.41) is 17.1. The van der Waals surface area contributed by atoms with Crippen LogP contribution < -0.4 is 5.73 Å². The quantitative estimate of drug-likeness (QED) is 0.756. The summed E-state index contributed by atoms with van der Waals surface area (Å²) >= 11 is 0. The predicted octanol–water partition coefficient (Wildman–Crippen LogP) is 1.08. The second-order valence-corrected chi connectivity index (χ2v) is 2.97. The van der Waals surface area contributed by atoms with Crippen molar-refractivity contribution in [1.82, 2.24) is 0 Å². The number of benzene rings is 1. The van der Waals surface area contributed by atoms with E-state index in [9.17, 15) is 4.39 Å². The number of aliphatic hydroxyl groups excluding tert-OH is 1. The summed E-state index contributed by atoms with van der Waals surface area (Å²) in [6.45, 7) is -0.0389. The lowest BCUT2D eigenvalue weighted by atomic mass is 10.0. The summed E-state index contributed by atoms with van der Waals surface area (Å²) in [5.41, 5.74) is 6.25. The van der Waals surface area contributed by atoms with E-state index in [1.54, 1.807) is 12.1 Å². The van der Waals surface area contributed by atoms with Gasteiger partial charge in [-0.25, -0.2) is 4.39 Å². The van der Waals surface area contributed by atoms with Gasteiger partial charge in [0.15, 0.2) is 0 Å². The highest BCUT2D eigenvalue weighted by atomic mass is 19.1. The molecule has 1 rings (SSSR count). The molecule has 4 heteroatoms. The SMILES string of the molecule is N#Cc1ccc([C@H](N)CCO)cc1F. The summed E-state index contributed by atoms with van der Waals surface area (Å²) in [5.74, 6) is -0.571. The van der Waals surface area contributed by atoms with E-state index in [0.717, 1.165) is 0 Å². The Morgan fingerprint density at radius 2 is 2.29 bits per heavy atom. The molecule has 0 aliphatic carbocycles. The third-order valence-corrected chi connectivity index (χ3v) is 1.98. The first-order valence-corrected chi connectivity index (χ1v) is 4.25. The average molecular weight is 194 g/mol. The van der Waals surface area contributed by atoms with Crippen molar-refractivity contribution in [2.45, 2.75) is 12.5 Å². The smallest absolute Gasteiger partial charge is 0.141 e. The van der Waals surface area contributed by atoms with Crippen molar-refractivity contribution in [3.8, 4) is 6.07 Å². The monoisotopic (exact) mass is 194 g/mol. The second kappa shape index (κ2) is 4.70. The zero-order valence-corrected chi connectivity index (χ0v) is 7.57. The van der Waals surface area contributed by atoms with Gasteiger partial charge in [0, 0.05) is 12.6 Å². The molecule has 1 aromatic rings. The lowest BCUT2D eigenvalue weighted by molar-refractivity contribution is 0.276.